The lowest BCUT2D eigenvalue weighted by Crippen LogP contribution is -1.87. The predicted octanol–water partition coefficient (Wildman–Crippen LogP) is 2.80. The van der Waals surface area contributed by atoms with E-state index >= 15 is 0 Å². The Kier molecular flexibility index (Phi) is 3.05. The quantitative estimate of drug-likeness (QED) is 0.452. The normalized spacial score (nSPS) is 9.64. The zero-order valence-corrected chi connectivity index (χ0v) is 8.63. The van der Waals surface area contributed by atoms with Gasteiger partial charge in [-0.25, -0.2) is 0 Å². The molecular formula is C9H10IN. The molecule has 0 atom stereocenters. The molecule has 11 heavy (non-hydrogen) atoms. The van der Waals surface area contributed by atoms with Gasteiger partial charge in [0.1, 0.15) is 3.70 Å². The SMILES string of the molecule is C=C(C)Cc1ccc(I)nc1. The maximum absolute atomic E-state index is 4.18. The standard InChI is InChI=1S/C9H10IN/c1-7(2)5-8-3-4-9(10)11-6-8/h3-4,6H,1,5H2,2H3. The first-order valence-corrected chi connectivity index (χ1v) is 4.51. The van der Waals surface area contributed by atoms with Crippen LogP contribution in [-0.2, 0) is 6.42 Å². The molecule has 0 aliphatic carbocycles. The number of allylic oxidation sites excluding steroid dienone is 1. The first kappa shape index (κ1) is 8.71. The molecular weight excluding hydrogens is 249 g/mol. The Bertz CT molecular complexity index is 251. The average molecular weight is 259 g/mol. The molecule has 0 spiro atoms. The molecule has 0 bridgehead atoms. The number of hydrogen-bond acceptors (Lipinski definition) is 1. The van der Waals surface area contributed by atoms with Crippen LogP contribution in [0.25, 0.3) is 0 Å². The van der Waals surface area contributed by atoms with Gasteiger partial charge in [-0.15, -0.1) is 0 Å². The summed E-state index contributed by atoms with van der Waals surface area (Å²) in [5.41, 5.74) is 2.41. The first-order valence-electron chi connectivity index (χ1n) is 3.43. The molecule has 1 rings (SSSR count). The Morgan fingerprint density at radius 1 is 1.64 bits per heavy atom. The molecule has 1 aromatic heterocycles. The average Bonchev–Trinajstić information content (AvgIpc) is 1.93. The molecule has 58 valence electrons. The molecule has 0 saturated heterocycles. The minimum Gasteiger partial charge on any atom is -0.250 e. The maximum atomic E-state index is 4.18. The number of hydrogen-bond donors (Lipinski definition) is 0. The van der Waals surface area contributed by atoms with Crippen molar-refractivity contribution in [1.29, 1.82) is 0 Å². The van der Waals surface area contributed by atoms with E-state index in [9.17, 15) is 0 Å². The van der Waals surface area contributed by atoms with Gasteiger partial charge in [-0.2, -0.15) is 0 Å². The highest BCUT2D eigenvalue weighted by Gasteiger charge is 1.92. The summed E-state index contributed by atoms with van der Waals surface area (Å²) < 4.78 is 1.04. The molecule has 0 amide bonds. The van der Waals surface area contributed by atoms with Gasteiger partial charge in [-0.05, 0) is 47.6 Å². The van der Waals surface area contributed by atoms with Crippen molar-refractivity contribution in [2.24, 2.45) is 0 Å². The number of rotatable bonds is 2. The third kappa shape index (κ3) is 3.01. The molecule has 0 radical (unpaired) electrons. The highest BCUT2D eigenvalue weighted by atomic mass is 127. The summed E-state index contributed by atoms with van der Waals surface area (Å²) in [5.74, 6) is 0. The molecule has 1 heterocycles. The summed E-state index contributed by atoms with van der Waals surface area (Å²) >= 11 is 2.20. The van der Waals surface area contributed by atoms with Gasteiger partial charge in [0.2, 0.25) is 0 Å². The van der Waals surface area contributed by atoms with Crippen LogP contribution in [0.5, 0.6) is 0 Å². The zero-order chi connectivity index (χ0) is 8.27. The van der Waals surface area contributed by atoms with E-state index in [1.54, 1.807) is 0 Å². The summed E-state index contributed by atoms with van der Waals surface area (Å²) in [6.45, 7) is 5.87. The van der Waals surface area contributed by atoms with E-state index in [2.05, 4.69) is 40.2 Å². The van der Waals surface area contributed by atoms with Crippen molar-refractivity contribution in [2.75, 3.05) is 0 Å². The fourth-order valence-corrected chi connectivity index (χ4v) is 1.18. The van der Waals surface area contributed by atoms with E-state index in [1.807, 2.05) is 19.2 Å². The van der Waals surface area contributed by atoms with Crippen LogP contribution in [0, 0.1) is 3.70 Å². The van der Waals surface area contributed by atoms with E-state index in [0.717, 1.165) is 10.1 Å². The van der Waals surface area contributed by atoms with E-state index in [4.69, 9.17) is 0 Å². The maximum Gasteiger partial charge on any atom is 0.101 e. The predicted molar refractivity (Wildman–Crippen MR) is 55.5 cm³/mol. The van der Waals surface area contributed by atoms with Crippen molar-refractivity contribution in [3.63, 3.8) is 0 Å². The highest BCUT2D eigenvalue weighted by Crippen LogP contribution is 2.06. The van der Waals surface area contributed by atoms with Gasteiger partial charge in [-0.1, -0.05) is 18.2 Å². The van der Waals surface area contributed by atoms with Crippen molar-refractivity contribution in [2.45, 2.75) is 13.3 Å². The van der Waals surface area contributed by atoms with E-state index < -0.39 is 0 Å². The molecule has 0 aliphatic rings. The highest BCUT2D eigenvalue weighted by molar-refractivity contribution is 14.1. The largest absolute Gasteiger partial charge is 0.250 e. The molecule has 0 aromatic carbocycles. The van der Waals surface area contributed by atoms with Crippen LogP contribution >= 0.6 is 22.6 Å². The van der Waals surface area contributed by atoms with Crippen LogP contribution in [0.1, 0.15) is 12.5 Å². The minimum absolute atomic E-state index is 0.934. The van der Waals surface area contributed by atoms with Crippen molar-refractivity contribution >= 4 is 22.6 Å². The Balaban J connectivity index is 2.74. The Labute approximate surface area is 80.7 Å². The lowest BCUT2D eigenvalue weighted by Gasteiger charge is -1.98. The van der Waals surface area contributed by atoms with Crippen molar-refractivity contribution in [1.82, 2.24) is 4.98 Å². The molecule has 0 fully saturated rings. The number of halogens is 1. The third-order valence-corrected chi connectivity index (χ3v) is 1.93. The van der Waals surface area contributed by atoms with Crippen LogP contribution in [-0.4, -0.2) is 4.98 Å². The van der Waals surface area contributed by atoms with Gasteiger partial charge < -0.3 is 0 Å². The summed E-state index contributed by atoms with van der Waals surface area (Å²) in [6.07, 6.45) is 2.83. The number of nitrogens with zero attached hydrogens (tertiary/aromatic N) is 1. The molecule has 1 aromatic rings. The van der Waals surface area contributed by atoms with E-state index in [1.165, 1.54) is 11.1 Å². The summed E-state index contributed by atoms with van der Waals surface area (Å²) in [4.78, 5) is 4.18. The Hall–Kier alpha value is -0.380. The second-order valence-corrected chi connectivity index (χ2v) is 3.73. The van der Waals surface area contributed by atoms with E-state index in [0.29, 0.717) is 0 Å². The monoisotopic (exact) mass is 259 g/mol. The molecule has 0 unspecified atom stereocenters. The van der Waals surface area contributed by atoms with Gasteiger partial charge in [0.25, 0.3) is 0 Å². The van der Waals surface area contributed by atoms with Crippen molar-refractivity contribution in [3.8, 4) is 0 Å². The van der Waals surface area contributed by atoms with Crippen LogP contribution in [0.3, 0.4) is 0 Å². The molecule has 2 heteroatoms. The Morgan fingerprint density at radius 2 is 2.36 bits per heavy atom. The second kappa shape index (κ2) is 3.85. The zero-order valence-electron chi connectivity index (χ0n) is 6.47. The van der Waals surface area contributed by atoms with Gasteiger partial charge in [-0.3, -0.25) is 4.98 Å². The molecule has 1 nitrogen and oxygen atoms in total. The van der Waals surface area contributed by atoms with Crippen molar-refractivity contribution in [3.05, 3.63) is 39.7 Å². The smallest absolute Gasteiger partial charge is 0.101 e. The lowest BCUT2D eigenvalue weighted by molar-refractivity contribution is 1.11. The van der Waals surface area contributed by atoms with Gasteiger partial charge in [0.15, 0.2) is 0 Å². The number of pyridine rings is 1. The first-order chi connectivity index (χ1) is 5.18. The van der Waals surface area contributed by atoms with Gasteiger partial charge in [0, 0.05) is 6.20 Å². The Morgan fingerprint density at radius 3 is 2.82 bits per heavy atom. The fraction of sp³-hybridized carbons (Fsp3) is 0.222. The summed E-state index contributed by atoms with van der Waals surface area (Å²) in [5, 5.41) is 0. The topological polar surface area (TPSA) is 12.9 Å². The summed E-state index contributed by atoms with van der Waals surface area (Å²) in [6, 6.07) is 4.10. The number of aromatic nitrogens is 1. The molecule has 0 saturated carbocycles. The fourth-order valence-electron chi connectivity index (χ4n) is 0.859. The van der Waals surface area contributed by atoms with Gasteiger partial charge in [0.05, 0.1) is 0 Å². The molecule has 0 aliphatic heterocycles. The molecule has 0 N–H and O–H groups in total. The van der Waals surface area contributed by atoms with Crippen molar-refractivity contribution < 1.29 is 0 Å². The summed E-state index contributed by atoms with van der Waals surface area (Å²) in [7, 11) is 0. The van der Waals surface area contributed by atoms with E-state index in [-0.39, 0.29) is 0 Å². The third-order valence-electron chi connectivity index (χ3n) is 1.29. The minimum atomic E-state index is 0.934. The van der Waals surface area contributed by atoms with Crippen LogP contribution < -0.4 is 0 Å². The van der Waals surface area contributed by atoms with Crippen LogP contribution in [0.2, 0.25) is 0 Å². The van der Waals surface area contributed by atoms with Crippen LogP contribution in [0.15, 0.2) is 30.5 Å². The lowest BCUT2D eigenvalue weighted by atomic mass is 10.1. The van der Waals surface area contributed by atoms with Gasteiger partial charge >= 0.3 is 0 Å². The van der Waals surface area contributed by atoms with Crippen LogP contribution in [0.4, 0.5) is 0 Å². The second-order valence-electron chi connectivity index (χ2n) is 2.62.